The molecule has 0 bridgehead atoms. The number of hydrogen-bond acceptors (Lipinski definition) is 3. The molecular formula is C25H28N2O2. The second-order valence-corrected chi connectivity index (χ2v) is 7.34. The Hall–Kier alpha value is -3.11. The van der Waals surface area contributed by atoms with Gasteiger partial charge in [-0.3, -0.25) is 9.69 Å². The van der Waals surface area contributed by atoms with Crippen LogP contribution in [0.15, 0.2) is 78.9 Å². The van der Waals surface area contributed by atoms with E-state index in [2.05, 4.69) is 19.0 Å². The van der Waals surface area contributed by atoms with Crippen LogP contribution in [-0.2, 0) is 0 Å². The summed E-state index contributed by atoms with van der Waals surface area (Å²) in [5.74, 6) is 0.749. The molecule has 29 heavy (non-hydrogen) atoms. The van der Waals surface area contributed by atoms with Gasteiger partial charge >= 0.3 is 0 Å². The maximum absolute atomic E-state index is 13.3. The summed E-state index contributed by atoms with van der Waals surface area (Å²) < 4.78 is 5.83. The molecule has 4 nitrogen and oxygen atoms in total. The third-order valence-corrected chi connectivity index (χ3v) is 4.63. The van der Waals surface area contributed by atoms with Crippen molar-refractivity contribution < 1.29 is 9.53 Å². The molecule has 3 aromatic rings. The van der Waals surface area contributed by atoms with Crippen molar-refractivity contribution in [1.29, 1.82) is 0 Å². The maximum Gasteiger partial charge on any atom is 0.262 e. The minimum atomic E-state index is -0.0594. The fraction of sp³-hybridized carbons (Fsp3) is 0.240. The Bertz CT molecular complexity index is 904. The first-order chi connectivity index (χ1) is 14.0. The van der Waals surface area contributed by atoms with Gasteiger partial charge in [-0.25, -0.2) is 0 Å². The molecule has 0 atom stereocenters. The zero-order valence-corrected chi connectivity index (χ0v) is 17.3. The Kier molecular flexibility index (Phi) is 7.04. The van der Waals surface area contributed by atoms with Crippen molar-refractivity contribution in [1.82, 2.24) is 4.90 Å². The van der Waals surface area contributed by atoms with Crippen LogP contribution in [0.3, 0.4) is 0 Å². The number of amides is 1. The van der Waals surface area contributed by atoms with Crippen LogP contribution in [-0.4, -0.2) is 38.1 Å². The second kappa shape index (κ2) is 9.89. The Balaban J connectivity index is 1.81. The Labute approximate surface area is 173 Å². The lowest BCUT2D eigenvalue weighted by atomic mass is 10.1. The molecule has 0 aromatic heterocycles. The largest absolute Gasteiger partial charge is 0.494 e. The highest BCUT2D eigenvalue weighted by atomic mass is 16.5. The number of rotatable bonds is 8. The summed E-state index contributed by atoms with van der Waals surface area (Å²) in [6, 6.07) is 25.1. The molecule has 0 saturated heterocycles. The fourth-order valence-corrected chi connectivity index (χ4v) is 3.05. The molecule has 0 aliphatic heterocycles. The summed E-state index contributed by atoms with van der Waals surface area (Å²) in [5.41, 5.74) is 3.42. The van der Waals surface area contributed by atoms with E-state index in [1.807, 2.05) is 85.8 Å². The van der Waals surface area contributed by atoms with E-state index in [4.69, 9.17) is 4.74 Å². The van der Waals surface area contributed by atoms with Gasteiger partial charge in [-0.2, -0.15) is 0 Å². The van der Waals surface area contributed by atoms with E-state index in [1.165, 1.54) is 0 Å². The number of carbonyl (C=O) groups is 1. The summed E-state index contributed by atoms with van der Waals surface area (Å²) in [6.45, 7) is 3.67. The molecule has 3 rings (SSSR count). The highest BCUT2D eigenvalue weighted by molar-refractivity contribution is 6.10. The smallest absolute Gasteiger partial charge is 0.262 e. The predicted molar refractivity (Wildman–Crippen MR) is 119 cm³/mol. The predicted octanol–water partition coefficient (Wildman–Crippen LogP) is 5.30. The summed E-state index contributed by atoms with van der Waals surface area (Å²) in [4.78, 5) is 17.2. The lowest BCUT2D eigenvalue weighted by molar-refractivity contribution is 0.0999. The van der Waals surface area contributed by atoms with Crippen LogP contribution in [0.25, 0.3) is 0 Å². The third-order valence-electron chi connectivity index (χ3n) is 4.63. The first-order valence-electron chi connectivity index (χ1n) is 9.88. The lowest BCUT2D eigenvalue weighted by Crippen LogP contribution is -2.25. The minimum absolute atomic E-state index is 0.0594. The summed E-state index contributed by atoms with van der Waals surface area (Å²) in [5, 5.41) is 0. The van der Waals surface area contributed by atoms with Gasteiger partial charge in [0, 0.05) is 23.5 Å². The standard InChI is InChI=1S/C25H28N2O2/c1-20-10-12-21(13-11-20)25(28)27(22-8-5-4-6-9-22)23-14-16-24(17-15-23)29-19-7-18-26(2)3/h4-6,8-17H,7,18-19H2,1-3H3. The Morgan fingerprint density at radius 1 is 0.828 bits per heavy atom. The molecule has 0 fully saturated rings. The van der Waals surface area contributed by atoms with Gasteiger partial charge in [0.05, 0.1) is 6.61 Å². The zero-order chi connectivity index (χ0) is 20.6. The highest BCUT2D eigenvalue weighted by Crippen LogP contribution is 2.29. The van der Waals surface area contributed by atoms with E-state index in [0.717, 1.165) is 35.7 Å². The number of aryl methyl sites for hydroxylation is 1. The molecule has 0 N–H and O–H groups in total. The first kappa shape index (κ1) is 20.6. The summed E-state index contributed by atoms with van der Waals surface area (Å²) in [6.07, 6.45) is 0.969. The molecular weight excluding hydrogens is 360 g/mol. The molecule has 1 amide bonds. The average molecular weight is 389 g/mol. The number of carbonyl (C=O) groups excluding carboxylic acids is 1. The van der Waals surface area contributed by atoms with Gasteiger partial charge in [-0.15, -0.1) is 0 Å². The van der Waals surface area contributed by atoms with Crippen molar-refractivity contribution in [3.8, 4) is 5.75 Å². The Morgan fingerprint density at radius 2 is 1.45 bits per heavy atom. The SMILES string of the molecule is Cc1ccc(C(=O)N(c2ccccc2)c2ccc(OCCCN(C)C)cc2)cc1. The number of hydrogen-bond donors (Lipinski definition) is 0. The molecule has 0 radical (unpaired) electrons. The van der Waals surface area contributed by atoms with Crippen molar-refractivity contribution >= 4 is 17.3 Å². The summed E-state index contributed by atoms with van der Waals surface area (Å²) in [7, 11) is 4.11. The van der Waals surface area contributed by atoms with E-state index < -0.39 is 0 Å². The van der Waals surface area contributed by atoms with Crippen LogP contribution in [0, 0.1) is 6.92 Å². The van der Waals surface area contributed by atoms with Crippen molar-refractivity contribution in [3.63, 3.8) is 0 Å². The van der Waals surface area contributed by atoms with Crippen molar-refractivity contribution in [2.75, 3.05) is 32.1 Å². The van der Waals surface area contributed by atoms with E-state index in [-0.39, 0.29) is 5.91 Å². The number of para-hydroxylation sites is 1. The van der Waals surface area contributed by atoms with Crippen molar-refractivity contribution in [3.05, 3.63) is 90.0 Å². The molecule has 3 aromatic carbocycles. The van der Waals surface area contributed by atoms with Crippen molar-refractivity contribution in [2.45, 2.75) is 13.3 Å². The lowest BCUT2D eigenvalue weighted by Gasteiger charge is -2.23. The van der Waals surface area contributed by atoms with Crippen LogP contribution in [0.1, 0.15) is 22.3 Å². The van der Waals surface area contributed by atoms with Crippen LogP contribution < -0.4 is 9.64 Å². The normalized spacial score (nSPS) is 10.8. The highest BCUT2D eigenvalue weighted by Gasteiger charge is 2.19. The number of nitrogens with zero attached hydrogens (tertiary/aromatic N) is 2. The monoisotopic (exact) mass is 388 g/mol. The van der Waals surface area contributed by atoms with Crippen LogP contribution >= 0.6 is 0 Å². The van der Waals surface area contributed by atoms with E-state index in [0.29, 0.717) is 12.2 Å². The number of benzene rings is 3. The van der Waals surface area contributed by atoms with Crippen LogP contribution in [0.4, 0.5) is 11.4 Å². The molecule has 0 unspecified atom stereocenters. The average Bonchev–Trinajstić information content (AvgIpc) is 2.73. The van der Waals surface area contributed by atoms with Crippen LogP contribution in [0.5, 0.6) is 5.75 Å². The molecule has 0 heterocycles. The van der Waals surface area contributed by atoms with Gasteiger partial charge in [0.25, 0.3) is 5.91 Å². The summed E-state index contributed by atoms with van der Waals surface area (Å²) >= 11 is 0. The Morgan fingerprint density at radius 3 is 2.07 bits per heavy atom. The molecule has 150 valence electrons. The topological polar surface area (TPSA) is 32.8 Å². The maximum atomic E-state index is 13.3. The van der Waals surface area contributed by atoms with Gasteiger partial charge in [0.2, 0.25) is 0 Å². The molecule has 4 heteroatoms. The number of anilines is 2. The first-order valence-corrected chi connectivity index (χ1v) is 9.88. The van der Waals surface area contributed by atoms with Gasteiger partial charge in [-0.05, 0) is 76.0 Å². The van der Waals surface area contributed by atoms with Crippen LogP contribution in [0.2, 0.25) is 0 Å². The molecule has 0 spiro atoms. The van der Waals surface area contributed by atoms with Gasteiger partial charge in [0.15, 0.2) is 0 Å². The second-order valence-electron chi connectivity index (χ2n) is 7.34. The third kappa shape index (κ3) is 5.69. The van der Waals surface area contributed by atoms with E-state index >= 15 is 0 Å². The van der Waals surface area contributed by atoms with E-state index in [1.54, 1.807) is 4.90 Å². The molecule has 0 aliphatic carbocycles. The quantitative estimate of drug-likeness (QED) is 0.491. The van der Waals surface area contributed by atoms with E-state index in [9.17, 15) is 4.79 Å². The number of ether oxygens (including phenoxy) is 1. The van der Waals surface area contributed by atoms with Gasteiger partial charge in [0.1, 0.15) is 5.75 Å². The zero-order valence-electron chi connectivity index (χ0n) is 17.3. The minimum Gasteiger partial charge on any atom is -0.494 e. The molecule has 0 aliphatic rings. The fourth-order valence-electron chi connectivity index (χ4n) is 3.05. The molecule has 0 saturated carbocycles. The van der Waals surface area contributed by atoms with Crippen molar-refractivity contribution in [2.24, 2.45) is 0 Å². The van der Waals surface area contributed by atoms with Gasteiger partial charge < -0.3 is 9.64 Å². The van der Waals surface area contributed by atoms with Gasteiger partial charge in [-0.1, -0.05) is 35.9 Å².